The Balaban J connectivity index is 1.68. The molecule has 1 amide bonds. The van der Waals surface area contributed by atoms with E-state index in [1.54, 1.807) is 30.3 Å². The summed E-state index contributed by atoms with van der Waals surface area (Å²) >= 11 is 17.8. The third-order valence-corrected chi connectivity index (χ3v) is 4.68. The molecule has 2 aromatic rings. The van der Waals surface area contributed by atoms with E-state index in [0.717, 1.165) is 12.1 Å². The number of benzene rings is 2. The first-order valence-electron chi connectivity index (χ1n) is 7.83. The number of carbonyl (C=O) groups is 1. The zero-order valence-electron chi connectivity index (χ0n) is 13.6. The fourth-order valence-electron chi connectivity index (χ4n) is 2.64. The van der Waals surface area contributed by atoms with Gasteiger partial charge in [-0.25, -0.2) is 4.79 Å². The number of hydrogen-bond acceptors (Lipinski definition) is 2. The molecule has 1 saturated heterocycles. The minimum Gasteiger partial charge on any atom is -0.437 e. The molecule has 0 N–H and O–H groups in total. The number of alkyl halides is 6. The van der Waals surface area contributed by atoms with Crippen LogP contribution in [0.25, 0.3) is 0 Å². The Morgan fingerprint density at radius 3 is 2.15 bits per heavy atom. The highest BCUT2D eigenvalue weighted by molar-refractivity contribution is 6.68. The first-order valence-corrected chi connectivity index (χ1v) is 8.97. The van der Waals surface area contributed by atoms with Gasteiger partial charge in [-0.05, 0) is 23.3 Å². The Kier molecular flexibility index (Phi) is 5.52. The second-order valence-electron chi connectivity index (χ2n) is 6.00. The maximum absolute atomic E-state index is 12.6. The van der Waals surface area contributed by atoms with Crippen LogP contribution in [-0.2, 0) is 10.9 Å². The maximum atomic E-state index is 12.6. The van der Waals surface area contributed by atoms with Gasteiger partial charge in [0, 0.05) is 6.54 Å². The van der Waals surface area contributed by atoms with E-state index in [1.807, 2.05) is 0 Å². The second kappa shape index (κ2) is 7.41. The Bertz CT molecular complexity index is 807. The molecule has 2 aromatic carbocycles. The molecule has 0 aliphatic carbocycles. The minimum absolute atomic E-state index is 0.311. The summed E-state index contributed by atoms with van der Waals surface area (Å²) in [6.07, 6.45) is -6.24. The van der Waals surface area contributed by atoms with Gasteiger partial charge in [0.15, 0.2) is 6.10 Å². The van der Waals surface area contributed by atoms with Crippen LogP contribution in [0.1, 0.15) is 28.8 Å². The molecule has 9 heteroatoms. The van der Waals surface area contributed by atoms with E-state index in [4.69, 9.17) is 39.5 Å². The van der Waals surface area contributed by atoms with Crippen LogP contribution in [0.5, 0.6) is 0 Å². The van der Waals surface area contributed by atoms with Crippen LogP contribution < -0.4 is 0 Å². The summed E-state index contributed by atoms with van der Waals surface area (Å²) < 4.78 is 41.4. The predicted octanol–water partition coefficient (Wildman–Crippen LogP) is 6.31. The van der Waals surface area contributed by atoms with Crippen LogP contribution in [0.4, 0.5) is 18.0 Å². The van der Waals surface area contributed by atoms with E-state index in [0.29, 0.717) is 17.7 Å². The Morgan fingerprint density at radius 1 is 1.04 bits per heavy atom. The van der Waals surface area contributed by atoms with Crippen LogP contribution in [0.15, 0.2) is 54.6 Å². The number of carbonyl (C=O) groups excluding carboxylic acids is 1. The molecule has 0 saturated carbocycles. The van der Waals surface area contributed by atoms with Gasteiger partial charge < -0.3 is 4.74 Å². The average molecular weight is 439 g/mol. The summed E-state index contributed by atoms with van der Waals surface area (Å²) in [7, 11) is 0. The second-order valence-corrected chi connectivity index (χ2v) is 8.37. The van der Waals surface area contributed by atoms with Crippen LogP contribution in [-0.4, -0.2) is 21.3 Å². The molecule has 144 valence electrons. The van der Waals surface area contributed by atoms with Crippen molar-refractivity contribution in [1.82, 2.24) is 4.90 Å². The standard InChI is InChI=1S/C18H13Cl3F3NO2/c19-17(20,21)15(12-4-2-1-3-5-12)27-16(26)25-10-14(25)11-6-8-13(9-7-11)18(22,23)24/h1-9,14-15H,10H2/t14?,15-,25?/m1/s1. The molecule has 1 fully saturated rings. The van der Waals surface area contributed by atoms with E-state index in [9.17, 15) is 18.0 Å². The zero-order chi connectivity index (χ0) is 19.8. The van der Waals surface area contributed by atoms with Crippen LogP contribution in [0, 0.1) is 0 Å². The molecule has 27 heavy (non-hydrogen) atoms. The van der Waals surface area contributed by atoms with Crippen LogP contribution in [0.2, 0.25) is 0 Å². The number of hydrogen-bond donors (Lipinski definition) is 0. The van der Waals surface area contributed by atoms with E-state index in [1.165, 1.54) is 17.0 Å². The lowest BCUT2D eigenvalue weighted by Gasteiger charge is -2.25. The van der Waals surface area contributed by atoms with Gasteiger partial charge in [-0.2, -0.15) is 13.2 Å². The van der Waals surface area contributed by atoms with Gasteiger partial charge in [-0.15, -0.1) is 0 Å². The molecule has 3 nitrogen and oxygen atoms in total. The molecule has 1 aliphatic rings. The van der Waals surface area contributed by atoms with Gasteiger partial charge in [-0.3, -0.25) is 4.90 Å². The molecular weight excluding hydrogens is 426 g/mol. The van der Waals surface area contributed by atoms with Crippen molar-refractivity contribution in [3.8, 4) is 0 Å². The number of ether oxygens (including phenoxy) is 1. The third kappa shape index (κ3) is 4.81. The highest BCUT2D eigenvalue weighted by atomic mass is 35.6. The molecule has 0 aromatic heterocycles. The van der Waals surface area contributed by atoms with E-state index < -0.39 is 27.7 Å². The predicted molar refractivity (Wildman–Crippen MR) is 96.8 cm³/mol. The van der Waals surface area contributed by atoms with Crippen LogP contribution >= 0.6 is 34.8 Å². The number of nitrogens with zero attached hydrogens (tertiary/aromatic N) is 1. The normalized spacial score (nSPS) is 18.1. The summed E-state index contributed by atoms with van der Waals surface area (Å²) in [4.78, 5) is 13.7. The minimum atomic E-state index is -4.41. The van der Waals surface area contributed by atoms with Gasteiger partial charge in [0.2, 0.25) is 3.79 Å². The van der Waals surface area contributed by atoms with Crippen molar-refractivity contribution in [3.63, 3.8) is 0 Å². The largest absolute Gasteiger partial charge is 0.437 e. The molecule has 0 radical (unpaired) electrons. The Labute approximate surface area is 168 Å². The quantitative estimate of drug-likeness (QED) is 0.415. The number of halogens is 6. The summed E-state index contributed by atoms with van der Waals surface area (Å²) in [6.45, 7) is 0.311. The molecule has 2 atom stereocenters. The van der Waals surface area contributed by atoms with Gasteiger partial charge in [0.1, 0.15) is 0 Å². The monoisotopic (exact) mass is 437 g/mol. The fourth-order valence-corrected chi connectivity index (χ4v) is 3.15. The first kappa shape index (κ1) is 20.1. The molecule has 3 rings (SSSR count). The summed E-state index contributed by atoms with van der Waals surface area (Å²) in [6, 6.07) is 12.8. The van der Waals surface area contributed by atoms with E-state index in [2.05, 4.69) is 0 Å². The van der Waals surface area contributed by atoms with Crippen molar-refractivity contribution >= 4 is 40.9 Å². The van der Waals surface area contributed by atoms with Gasteiger partial charge in [0.25, 0.3) is 0 Å². The summed E-state index contributed by atoms with van der Waals surface area (Å²) in [5.74, 6) is 0. The van der Waals surface area contributed by atoms with E-state index in [-0.39, 0.29) is 6.04 Å². The zero-order valence-corrected chi connectivity index (χ0v) is 15.9. The van der Waals surface area contributed by atoms with Crippen molar-refractivity contribution in [2.24, 2.45) is 0 Å². The lowest BCUT2D eigenvalue weighted by atomic mass is 10.1. The fraction of sp³-hybridized carbons (Fsp3) is 0.278. The Morgan fingerprint density at radius 2 is 1.63 bits per heavy atom. The van der Waals surface area contributed by atoms with Crippen molar-refractivity contribution in [1.29, 1.82) is 0 Å². The third-order valence-electron chi connectivity index (χ3n) is 4.09. The lowest BCUT2D eigenvalue weighted by molar-refractivity contribution is -0.137. The summed E-state index contributed by atoms with van der Waals surface area (Å²) in [5.41, 5.74) is 0.338. The smallest absolute Gasteiger partial charge is 0.416 e. The molecular formula is C18H13Cl3F3NO2. The topological polar surface area (TPSA) is 29.3 Å². The maximum Gasteiger partial charge on any atom is 0.416 e. The SMILES string of the molecule is O=C(O[C@H](c1ccccc1)C(Cl)(Cl)Cl)N1CC1c1ccc(C(F)(F)F)cc1. The molecule has 1 unspecified atom stereocenters. The highest BCUT2D eigenvalue weighted by Gasteiger charge is 2.45. The van der Waals surface area contributed by atoms with E-state index >= 15 is 0 Å². The number of amides is 1. The van der Waals surface area contributed by atoms with Gasteiger partial charge >= 0.3 is 12.3 Å². The molecule has 0 spiro atoms. The number of rotatable bonds is 3. The van der Waals surface area contributed by atoms with Crippen molar-refractivity contribution in [2.75, 3.05) is 6.54 Å². The van der Waals surface area contributed by atoms with Gasteiger partial charge in [-0.1, -0.05) is 77.3 Å². The molecule has 0 bridgehead atoms. The lowest BCUT2D eigenvalue weighted by Crippen LogP contribution is -2.26. The van der Waals surface area contributed by atoms with Crippen molar-refractivity contribution < 1.29 is 22.7 Å². The van der Waals surface area contributed by atoms with Gasteiger partial charge in [0.05, 0.1) is 11.6 Å². The van der Waals surface area contributed by atoms with Crippen molar-refractivity contribution in [3.05, 3.63) is 71.3 Å². The summed E-state index contributed by atoms with van der Waals surface area (Å²) in [5, 5.41) is 0. The highest BCUT2D eigenvalue weighted by Crippen LogP contribution is 2.44. The molecule has 1 aliphatic heterocycles. The molecule has 1 heterocycles. The first-order chi connectivity index (χ1) is 12.6. The Hall–Kier alpha value is -1.63. The van der Waals surface area contributed by atoms with Crippen LogP contribution in [0.3, 0.4) is 0 Å². The van der Waals surface area contributed by atoms with Crippen molar-refractivity contribution in [2.45, 2.75) is 22.1 Å². The average Bonchev–Trinajstić information content (AvgIpc) is 3.39.